The molecule has 6 heteroatoms. The van der Waals surface area contributed by atoms with Crippen molar-refractivity contribution in [2.45, 2.75) is 18.8 Å². The smallest absolute Gasteiger partial charge is 0.201 e. The summed E-state index contributed by atoms with van der Waals surface area (Å²) in [5.41, 5.74) is 0.166. The van der Waals surface area contributed by atoms with Gasteiger partial charge in [-0.05, 0) is 25.0 Å². The largest absolute Gasteiger partial charge is 0.360 e. The van der Waals surface area contributed by atoms with Gasteiger partial charge in [0, 0.05) is 5.92 Å². The summed E-state index contributed by atoms with van der Waals surface area (Å²) in [6.45, 7) is 0. The summed E-state index contributed by atoms with van der Waals surface area (Å²) in [4.78, 5) is 12.3. The molecule has 1 heterocycles. The molecule has 0 spiro atoms. The van der Waals surface area contributed by atoms with Crippen molar-refractivity contribution in [3.63, 3.8) is 0 Å². The van der Waals surface area contributed by atoms with Crippen LogP contribution in [0.25, 0.3) is 0 Å². The van der Waals surface area contributed by atoms with E-state index in [0.29, 0.717) is 11.3 Å². The van der Waals surface area contributed by atoms with Gasteiger partial charge in [-0.2, -0.15) is 0 Å². The minimum absolute atomic E-state index is 0.0726. The third-order valence-electron chi connectivity index (χ3n) is 3.07. The fourth-order valence-corrected chi connectivity index (χ4v) is 2.22. The van der Waals surface area contributed by atoms with E-state index in [0.717, 1.165) is 12.8 Å². The van der Waals surface area contributed by atoms with Crippen LogP contribution in [0.2, 0.25) is 10.0 Å². The van der Waals surface area contributed by atoms with Crippen LogP contribution in [0.5, 0.6) is 0 Å². The molecule has 1 aliphatic rings. The lowest BCUT2D eigenvalue weighted by atomic mass is 10.0. The van der Waals surface area contributed by atoms with Crippen molar-refractivity contribution in [3.8, 4) is 0 Å². The van der Waals surface area contributed by atoms with Gasteiger partial charge in [0.2, 0.25) is 5.78 Å². The maximum absolute atomic E-state index is 14.0. The van der Waals surface area contributed by atoms with Crippen LogP contribution in [0.15, 0.2) is 22.9 Å². The second-order valence-electron chi connectivity index (χ2n) is 4.43. The van der Waals surface area contributed by atoms with E-state index in [9.17, 15) is 9.18 Å². The number of nitrogens with zero attached hydrogens (tertiary/aromatic N) is 1. The first kappa shape index (κ1) is 12.6. The molecule has 0 saturated heterocycles. The van der Waals surface area contributed by atoms with Crippen molar-refractivity contribution in [1.29, 1.82) is 0 Å². The topological polar surface area (TPSA) is 43.1 Å². The van der Waals surface area contributed by atoms with Gasteiger partial charge in [-0.25, -0.2) is 4.39 Å². The molecule has 1 saturated carbocycles. The Balaban J connectivity index is 2.04. The average molecular weight is 300 g/mol. The molecule has 0 radical (unpaired) electrons. The molecule has 19 heavy (non-hydrogen) atoms. The molecule has 0 N–H and O–H groups in total. The molecule has 1 aliphatic carbocycles. The van der Waals surface area contributed by atoms with Crippen LogP contribution in [0.3, 0.4) is 0 Å². The van der Waals surface area contributed by atoms with E-state index < -0.39 is 11.6 Å². The van der Waals surface area contributed by atoms with Gasteiger partial charge in [0.05, 0.1) is 27.4 Å². The first-order valence-electron chi connectivity index (χ1n) is 5.72. The third kappa shape index (κ3) is 2.15. The Hall–Kier alpha value is -1.39. The lowest BCUT2D eigenvalue weighted by Crippen LogP contribution is -2.06. The van der Waals surface area contributed by atoms with E-state index in [1.54, 1.807) is 0 Å². The number of hydrogen-bond acceptors (Lipinski definition) is 3. The standard InChI is InChI=1S/C13H8Cl2FNO2/c14-9-4-3-7(11(16)10(9)15)12(18)8-5-17-19-13(8)6-1-2-6/h3-6H,1-2H2. The van der Waals surface area contributed by atoms with Gasteiger partial charge in [-0.1, -0.05) is 28.4 Å². The Morgan fingerprint density at radius 3 is 2.74 bits per heavy atom. The highest BCUT2D eigenvalue weighted by molar-refractivity contribution is 6.42. The summed E-state index contributed by atoms with van der Waals surface area (Å²) in [6.07, 6.45) is 3.23. The molecule has 98 valence electrons. The van der Waals surface area contributed by atoms with Gasteiger partial charge >= 0.3 is 0 Å². The second kappa shape index (κ2) is 4.62. The van der Waals surface area contributed by atoms with Crippen LogP contribution in [0.1, 0.15) is 40.4 Å². The van der Waals surface area contributed by atoms with Gasteiger partial charge < -0.3 is 4.52 Å². The van der Waals surface area contributed by atoms with Gasteiger partial charge in [0.25, 0.3) is 0 Å². The number of halogens is 3. The molecule has 1 aromatic carbocycles. The minimum atomic E-state index is -0.817. The maximum Gasteiger partial charge on any atom is 0.201 e. The van der Waals surface area contributed by atoms with E-state index in [1.807, 2.05) is 0 Å². The molecule has 3 nitrogen and oxygen atoms in total. The quantitative estimate of drug-likeness (QED) is 0.629. The van der Waals surface area contributed by atoms with Crippen molar-refractivity contribution in [2.75, 3.05) is 0 Å². The second-order valence-corrected chi connectivity index (χ2v) is 5.22. The van der Waals surface area contributed by atoms with Crippen LogP contribution in [0, 0.1) is 5.82 Å². The molecule has 1 aromatic heterocycles. The summed E-state index contributed by atoms with van der Waals surface area (Å²) in [5.74, 6) is -0.566. The van der Waals surface area contributed by atoms with Crippen LogP contribution in [0.4, 0.5) is 4.39 Å². The number of benzene rings is 1. The van der Waals surface area contributed by atoms with Crippen LogP contribution in [-0.2, 0) is 0 Å². The monoisotopic (exact) mass is 299 g/mol. The molecule has 1 fully saturated rings. The number of ketones is 1. The number of hydrogen-bond donors (Lipinski definition) is 0. The van der Waals surface area contributed by atoms with Crippen molar-refractivity contribution in [3.05, 3.63) is 51.1 Å². The molecule has 0 aliphatic heterocycles. The summed E-state index contributed by atoms with van der Waals surface area (Å²) >= 11 is 11.4. The van der Waals surface area contributed by atoms with Gasteiger partial charge in [0.15, 0.2) is 11.6 Å². The van der Waals surface area contributed by atoms with E-state index in [-0.39, 0.29) is 21.5 Å². The summed E-state index contributed by atoms with van der Waals surface area (Å²) in [7, 11) is 0. The number of aromatic nitrogens is 1. The van der Waals surface area contributed by atoms with Gasteiger partial charge in [-0.3, -0.25) is 4.79 Å². The highest BCUT2D eigenvalue weighted by Gasteiger charge is 2.33. The Bertz CT molecular complexity index is 665. The molecule has 0 amide bonds. The van der Waals surface area contributed by atoms with Crippen molar-refractivity contribution < 1.29 is 13.7 Å². The zero-order valence-corrected chi connectivity index (χ0v) is 11.1. The van der Waals surface area contributed by atoms with Crippen molar-refractivity contribution in [2.24, 2.45) is 0 Å². The van der Waals surface area contributed by atoms with Crippen LogP contribution in [-0.4, -0.2) is 10.9 Å². The summed E-state index contributed by atoms with van der Waals surface area (Å²) < 4.78 is 19.0. The predicted molar refractivity (Wildman–Crippen MR) is 68.3 cm³/mol. The maximum atomic E-state index is 14.0. The van der Waals surface area contributed by atoms with Gasteiger partial charge in [-0.15, -0.1) is 0 Å². The summed E-state index contributed by atoms with van der Waals surface area (Å²) in [6, 6.07) is 2.71. The van der Waals surface area contributed by atoms with Crippen LogP contribution < -0.4 is 0 Å². The minimum Gasteiger partial charge on any atom is -0.360 e. The molecular formula is C13H8Cl2FNO2. The zero-order valence-electron chi connectivity index (χ0n) is 9.62. The van der Waals surface area contributed by atoms with Crippen molar-refractivity contribution >= 4 is 29.0 Å². The zero-order chi connectivity index (χ0) is 13.6. The van der Waals surface area contributed by atoms with Crippen LogP contribution >= 0.6 is 23.2 Å². The van der Waals surface area contributed by atoms with Crippen molar-refractivity contribution in [1.82, 2.24) is 5.16 Å². The van der Waals surface area contributed by atoms with E-state index in [2.05, 4.69) is 5.16 Å². The number of carbonyl (C=O) groups excluding carboxylic acids is 1. The Morgan fingerprint density at radius 2 is 2.05 bits per heavy atom. The lowest BCUT2D eigenvalue weighted by Gasteiger charge is -2.04. The normalized spacial score (nSPS) is 14.7. The van der Waals surface area contributed by atoms with E-state index in [4.69, 9.17) is 27.7 Å². The molecular weight excluding hydrogens is 292 g/mol. The fraction of sp³-hybridized carbons (Fsp3) is 0.231. The fourth-order valence-electron chi connectivity index (χ4n) is 1.91. The molecule has 0 atom stereocenters. The molecule has 0 bridgehead atoms. The van der Waals surface area contributed by atoms with E-state index >= 15 is 0 Å². The lowest BCUT2D eigenvalue weighted by molar-refractivity contribution is 0.103. The first-order valence-corrected chi connectivity index (χ1v) is 6.48. The summed E-state index contributed by atoms with van der Waals surface area (Å²) in [5, 5.41) is 3.44. The highest BCUT2D eigenvalue weighted by Crippen LogP contribution is 2.42. The SMILES string of the molecule is O=C(c1cnoc1C1CC1)c1ccc(Cl)c(Cl)c1F. The Kier molecular flexibility index (Phi) is 3.07. The molecule has 0 unspecified atom stereocenters. The first-order chi connectivity index (χ1) is 9.09. The molecule has 2 aromatic rings. The number of rotatable bonds is 3. The average Bonchev–Trinajstić information content (AvgIpc) is 3.13. The Labute approximate surface area is 118 Å². The Morgan fingerprint density at radius 1 is 1.32 bits per heavy atom. The van der Waals surface area contributed by atoms with Gasteiger partial charge in [0.1, 0.15) is 0 Å². The van der Waals surface area contributed by atoms with E-state index in [1.165, 1.54) is 18.3 Å². The number of carbonyl (C=O) groups is 1. The predicted octanol–water partition coefficient (Wildman–Crippen LogP) is 4.23. The highest BCUT2D eigenvalue weighted by atomic mass is 35.5. The third-order valence-corrected chi connectivity index (χ3v) is 3.85. The molecule has 3 rings (SSSR count).